The predicted molar refractivity (Wildman–Crippen MR) is 83.2 cm³/mol. The summed E-state index contributed by atoms with van der Waals surface area (Å²) in [6, 6.07) is -0.000911. The molecule has 0 radical (unpaired) electrons. The number of nitrogens with two attached hydrogens (primary N) is 1. The number of rotatable bonds is 3. The zero-order valence-electron chi connectivity index (χ0n) is 13.3. The van der Waals surface area contributed by atoms with Gasteiger partial charge in [-0.05, 0) is 24.7 Å². The van der Waals surface area contributed by atoms with Crippen molar-refractivity contribution in [2.75, 3.05) is 30.8 Å². The van der Waals surface area contributed by atoms with Crippen LogP contribution in [-0.2, 0) is 9.53 Å². The van der Waals surface area contributed by atoms with Crippen LogP contribution in [0.15, 0.2) is 6.33 Å². The molecule has 23 heavy (non-hydrogen) atoms. The van der Waals surface area contributed by atoms with Crippen molar-refractivity contribution in [3.8, 4) is 0 Å². The van der Waals surface area contributed by atoms with E-state index in [1.807, 2.05) is 4.90 Å². The number of nitrogens with one attached hydrogen (secondary N) is 1. The Hall–Kier alpha value is -1.96. The first-order valence-electron chi connectivity index (χ1n) is 7.80. The third-order valence-corrected chi connectivity index (χ3v) is 4.91. The number of nitrogen functional groups attached to an aromatic ring is 1. The van der Waals surface area contributed by atoms with Gasteiger partial charge in [0.1, 0.15) is 6.33 Å². The number of nitrogens with zero attached hydrogens (tertiary/aromatic N) is 3. The van der Waals surface area contributed by atoms with Crippen molar-refractivity contribution in [1.82, 2.24) is 15.3 Å². The van der Waals surface area contributed by atoms with Crippen LogP contribution in [0.3, 0.4) is 0 Å². The number of aromatic nitrogens is 2. The van der Waals surface area contributed by atoms with Crippen LogP contribution in [0.5, 0.6) is 0 Å². The second-order valence-corrected chi connectivity index (χ2v) is 6.37. The molecule has 0 spiro atoms. The summed E-state index contributed by atoms with van der Waals surface area (Å²) < 4.78 is 19.7. The highest BCUT2D eigenvalue weighted by atomic mass is 19.1. The molecule has 1 amide bonds. The first kappa shape index (κ1) is 15.9. The third-order valence-electron chi connectivity index (χ3n) is 4.91. The molecule has 1 aromatic heterocycles. The van der Waals surface area contributed by atoms with Gasteiger partial charge in [-0.15, -0.1) is 0 Å². The van der Waals surface area contributed by atoms with Crippen molar-refractivity contribution >= 4 is 17.5 Å². The minimum absolute atomic E-state index is 0.000911. The van der Waals surface area contributed by atoms with E-state index in [-0.39, 0.29) is 29.7 Å². The molecule has 3 rings (SSSR count). The van der Waals surface area contributed by atoms with E-state index in [0.717, 1.165) is 12.8 Å². The normalized spacial score (nSPS) is 30.1. The SMILES string of the molecule is CO[C@@H]1C[C@H]2CN(c3ncnc(N)c3F)C[C@H]2C[C@H]1NC(C)=O. The minimum atomic E-state index is -0.562. The highest BCUT2D eigenvalue weighted by Crippen LogP contribution is 2.39. The fourth-order valence-electron chi connectivity index (χ4n) is 3.85. The maximum absolute atomic E-state index is 14.1. The molecule has 0 bridgehead atoms. The van der Waals surface area contributed by atoms with Gasteiger partial charge in [0.15, 0.2) is 11.6 Å². The van der Waals surface area contributed by atoms with E-state index < -0.39 is 5.82 Å². The van der Waals surface area contributed by atoms with Crippen molar-refractivity contribution in [3.63, 3.8) is 0 Å². The second kappa shape index (κ2) is 6.27. The molecular formula is C15H22FN5O2. The smallest absolute Gasteiger partial charge is 0.217 e. The number of carbonyl (C=O) groups excluding carboxylic acids is 1. The van der Waals surface area contributed by atoms with Crippen LogP contribution in [0.25, 0.3) is 0 Å². The quantitative estimate of drug-likeness (QED) is 0.844. The van der Waals surface area contributed by atoms with Crippen molar-refractivity contribution in [3.05, 3.63) is 12.1 Å². The Labute approximate surface area is 134 Å². The van der Waals surface area contributed by atoms with Gasteiger partial charge in [-0.3, -0.25) is 4.79 Å². The summed E-state index contributed by atoms with van der Waals surface area (Å²) in [6.45, 7) is 2.92. The maximum atomic E-state index is 14.1. The van der Waals surface area contributed by atoms with Crippen molar-refractivity contribution in [2.24, 2.45) is 11.8 Å². The number of methoxy groups -OCH3 is 1. The van der Waals surface area contributed by atoms with Crippen LogP contribution in [0.1, 0.15) is 19.8 Å². The summed E-state index contributed by atoms with van der Waals surface area (Å²) in [7, 11) is 1.66. The zero-order valence-corrected chi connectivity index (χ0v) is 13.3. The lowest BCUT2D eigenvalue weighted by atomic mass is 9.77. The molecule has 7 nitrogen and oxygen atoms in total. The molecule has 2 aliphatic rings. The van der Waals surface area contributed by atoms with Crippen LogP contribution < -0.4 is 16.0 Å². The van der Waals surface area contributed by atoms with E-state index in [1.165, 1.54) is 13.3 Å². The lowest BCUT2D eigenvalue weighted by Gasteiger charge is -2.37. The molecule has 3 N–H and O–H groups in total. The fourth-order valence-corrected chi connectivity index (χ4v) is 3.85. The zero-order chi connectivity index (χ0) is 16.6. The van der Waals surface area contributed by atoms with Crippen LogP contribution in [-0.4, -0.2) is 48.2 Å². The topological polar surface area (TPSA) is 93.4 Å². The van der Waals surface area contributed by atoms with E-state index in [9.17, 15) is 9.18 Å². The molecule has 4 atom stereocenters. The Morgan fingerprint density at radius 1 is 1.39 bits per heavy atom. The summed E-state index contributed by atoms with van der Waals surface area (Å²) in [4.78, 5) is 21.0. The third kappa shape index (κ3) is 3.08. The van der Waals surface area contributed by atoms with Crippen LogP contribution in [0, 0.1) is 17.7 Å². The monoisotopic (exact) mass is 323 g/mol. The summed E-state index contributed by atoms with van der Waals surface area (Å²) in [5.74, 6) is 0.273. The average molecular weight is 323 g/mol. The van der Waals surface area contributed by atoms with Crippen molar-refractivity contribution in [2.45, 2.75) is 31.9 Å². The highest BCUT2D eigenvalue weighted by molar-refractivity contribution is 5.73. The van der Waals surface area contributed by atoms with Crippen LogP contribution in [0.2, 0.25) is 0 Å². The largest absolute Gasteiger partial charge is 0.381 e. The first-order valence-corrected chi connectivity index (χ1v) is 7.80. The van der Waals surface area contributed by atoms with Gasteiger partial charge in [0.25, 0.3) is 0 Å². The Balaban J connectivity index is 1.75. The number of hydrogen-bond acceptors (Lipinski definition) is 6. The standard InChI is InChI=1S/C15H22FN5O2/c1-8(22)20-11-3-9-5-21(6-10(9)4-12(11)23-2)15-13(16)14(17)18-7-19-15/h7,9-12H,3-6H2,1-2H3,(H,20,22)(H2,17,18,19)/t9-,10+,11-,12-/m1/s1. The number of hydrogen-bond donors (Lipinski definition) is 2. The molecule has 0 aromatic carbocycles. The summed E-state index contributed by atoms with van der Waals surface area (Å²) in [5.41, 5.74) is 5.54. The summed E-state index contributed by atoms with van der Waals surface area (Å²) in [5, 5.41) is 2.97. The van der Waals surface area contributed by atoms with E-state index in [1.54, 1.807) is 7.11 Å². The van der Waals surface area contributed by atoms with E-state index in [4.69, 9.17) is 10.5 Å². The highest BCUT2D eigenvalue weighted by Gasteiger charge is 2.43. The molecule has 2 fully saturated rings. The maximum Gasteiger partial charge on any atom is 0.217 e. The molecule has 1 aliphatic carbocycles. The molecule has 1 saturated carbocycles. The van der Waals surface area contributed by atoms with Crippen LogP contribution in [0.4, 0.5) is 16.0 Å². The van der Waals surface area contributed by atoms with Crippen LogP contribution >= 0.6 is 0 Å². The van der Waals surface area contributed by atoms with Gasteiger partial charge >= 0.3 is 0 Å². The molecule has 2 heterocycles. The molecule has 1 aliphatic heterocycles. The lowest BCUT2D eigenvalue weighted by Crippen LogP contribution is -2.49. The summed E-state index contributed by atoms with van der Waals surface area (Å²) >= 11 is 0. The molecule has 126 valence electrons. The van der Waals surface area contributed by atoms with Gasteiger partial charge in [0, 0.05) is 27.1 Å². The minimum Gasteiger partial charge on any atom is -0.381 e. The Morgan fingerprint density at radius 2 is 2.09 bits per heavy atom. The Morgan fingerprint density at radius 3 is 2.74 bits per heavy atom. The molecule has 0 unspecified atom stereocenters. The molecule has 8 heteroatoms. The van der Waals surface area contributed by atoms with Gasteiger partial charge < -0.3 is 20.7 Å². The number of fused-ring (bicyclic) bond motifs is 1. The lowest BCUT2D eigenvalue weighted by molar-refractivity contribution is -0.121. The first-order chi connectivity index (χ1) is 11.0. The van der Waals surface area contributed by atoms with Crippen molar-refractivity contribution < 1.29 is 13.9 Å². The van der Waals surface area contributed by atoms with Gasteiger partial charge in [0.2, 0.25) is 11.7 Å². The number of ether oxygens (including phenoxy) is 1. The van der Waals surface area contributed by atoms with E-state index in [0.29, 0.717) is 24.9 Å². The van der Waals surface area contributed by atoms with Gasteiger partial charge in [-0.2, -0.15) is 4.39 Å². The van der Waals surface area contributed by atoms with Gasteiger partial charge in [-0.25, -0.2) is 9.97 Å². The Bertz CT molecular complexity index is 599. The van der Waals surface area contributed by atoms with Gasteiger partial charge in [-0.1, -0.05) is 0 Å². The fraction of sp³-hybridized carbons (Fsp3) is 0.667. The van der Waals surface area contributed by atoms with E-state index in [2.05, 4.69) is 15.3 Å². The average Bonchev–Trinajstić information content (AvgIpc) is 2.91. The predicted octanol–water partition coefficient (Wildman–Crippen LogP) is 0.564. The Kier molecular flexibility index (Phi) is 4.34. The molecule has 1 saturated heterocycles. The number of amides is 1. The van der Waals surface area contributed by atoms with Crippen molar-refractivity contribution in [1.29, 1.82) is 0 Å². The number of carbonyl (C=O) groups is 1. The molecule has 1 aromatic rings. The molecular weight excluding hydrogens is 301 g/mol. The summed E-state index contributed by atoms with van der Waals surface area (Å²) in [6.07, 6.45) is 2.93. The van der Waals surface area contributed by atoms with Gasteiger partial charge in [0.05, 0.1) is 12.1 Å². The number of halogens is 1. The van der Waals surface area contributed by atoms with E-state index >= 15 is 0 Å². The number of anilines is 2. The second-order valence-electron chi connectivity index (χ2n) is 6.37.